The van der Waals surface area contributed by atoms with Crippen LogP contribution >= 0.6 is 0 Å². The van der Waals surface area contributed by atoms with Gasteiger partial charge in [0.2, 0.25) is 12.0 Å². The van der Waals surface area contributed by atoms with Crippen LogP contribution in [0.5, 0.6) is 0 Å². The first-order chi connectivity index (χ1) is 42.2. The number of aliphatic hydroxyl groups is 2. The lowest BCUT2D eigenvalue weighted by Gasteiger charge is -2.79. The molecule has 5 aliphatic rings. The number of hydrogen-bond donors (Lipinski definition) is 5. The van der Waals surface area contributed by atoms with E-state index >= 15 is 9.59 Å². The average molecular weight is 1240 g/mol. The zero-order valence-electron chi connectivity index (χ0n) is 51.8. The van der Waals surface area contributed by atoms with Crippen molar-refractivity contribution in [1.29, 1.82) is 0 Å². The summed E-state index contributed by atoms with van der Waals surface area (Å²) in [6, 6.07) is 23.0. The second-order valence-corrected chi connectivity index (χ2v) is 24.8. The van der Waals surface area contributed by atoms with E-state index in [1.54, 1.807) is 112 Å². The lowest BCUT2D eigenvalue weighted by molar-refractivity contribution is -0.368. The molecule has 23 heteroatoms. The molecule has 8 rings (SSSR count). The molecule has 0 bridgehead atoms. The highest BCUT2D eigenvalue weighted by Crippen LogP contribution is 2.79. The minimum atomic E-state index is -2.20. The number of nitrogens with one attached hydrogen (secondary N) is 3. The highest BCUT2D eigenvalue weighted by atomic mass is 16.6. The van der Waals surface area contributed by atoms with Gasteiger partial charge in [-0.15, -0.1) is 0 Å². The van der Waals surface area contributed by atoms with Gasteiger partial charge in [-0.3, -0.25) is 33.6 Å². The number of rotatable bonds is 29. The van der Waals surface area contributed by atoms with Crippen molar-refractivity contribution in [3.63, 3.8) is 0 Å². The monoisotopic (exact) mass is 1240 g/mol. The van der Waals surface area contributed by atoms with E-state index in [2.05, 4.69) is 16.0 Å². The summed E-state index contributed by atoms with van der Waals surface area (Å²) in [7, 11) is 0. The molecule has 1 aliphatic heterocycles. The normalized spacial score (nSPS) is 27.9. The van der Waals surface area contributed by atoms with E-state index in [9.17, 15) is 43.8 Å². The molecule has 1 saturated heterocycles. The molecule has 3 saturated carbocycles. The molecule has 3 amide bonds. The van der Waals surface area contributed by atoms with Crippen molar-refractivity contribution in [3.05, 3.63) is 119 Å². The van der Waals surface area contributed by atoms with Crippen molar-refractivity contribution in [1.82, 2.24) is 16.0 Å². The summed E-state index contributed by atoms with van der Waals surface area (Å²) in [4.78, 5) is 126. The predicted molar refractivity (Wildman–Crippen MR) is 316 cm³/mol. The lowest BCUT2D eigenvalue weighted by Crippen LogP contribution is -2.88. The highest BCUT2D eigenvalue weighted by Gasteiger charge is 2.88. The molecular formula is C66H83N3O20. The summed E-state index contributed by atoms with van der Waals surface area (Å²) in [5.74, 6) is -9.15. The number of ketones is 2. The van der Waals surface area contributed by atoms with Gasteiger partial charge in [-0.2, -0.15) is 0 Å². The number of Topliss-reactive ketones (excluding diaryl/α,β-unsaturated/α-hetero) is 2. The van der Waals surface area contributed by atoms with Gasteiger partial charge in [0.05, 0.1) is 62.0 Å². The van der Waals surface area contributed by atoms with E-state index in [-0.39, 0.29) is 48.3 Å². The molecule has 482 valence electrons. The van der Waals surface area contributed by atoms with Crippen LogP contribution in [0.15, 0.2) is 102 Å². The van der Waals surface area contributed by atoms with Gasteiger partial charge < -0.3 is 68.8 Å². The number of aliphatic hydroxyl groups excluding tert-OH is 1. The molecule has 3 unspecified atom stereocenters. The number of benzene rings is 3. The van der Waals surface area contributed by atoms with Crippen molar-refractivity contribution < 1.29 is 96.0 Å². The van der Waals surface area contributed by atoms with Crippen LogP contribution in [-0.4, -0.2) is 170 Å². The number of esters is 4. The SMILES string of the molecule is CC(=O)O[C@H]1C(=O)[C@@]2(C)[C@H](C(CC(=O)c3ccccc3)[C@]3(O)CC4(OC(=O)C(OC(=O)CCC(=O)NCCCOCCOCCOCCCNC(=O)OC(C)(C)C)[C@@H](NC(=O)c5ccccc5)c5ccccc5)C(C)=C1[C@@]43C)[C@]1(OC(C)=O)CO[C@@H]1C[C@@H]2O. The summed E-state index contributed by atoms with van der Waals surface area (Å²) in [5, 5.41) is 34.5. The van der Waals surface area contributed by atoms with Crippen LogP contribution in [0.4, 0.5) is 4.79 Å². The predicted octanol–water partition coefficient (Wildman–Crippen LogP) is 5.57. The molecule has 23 nitrogen and oxygen atoms in total. The van der Waals surface area contributed by atoms with Gasteiger partial charge in [-0.05, 0) is 83.2 Å². The van der Waals surface area contributed by atoms with E-state index in [4.69, 9.17) is 42.6 Å². The van der Waals surface area contributed by atoms with E-state index < -0.39 is 148 Å². The Morgan fingerprint density at radius 2 is 1.31 bits per heavy atom. The Kier molecular flexibility index (Phi) is 21.4. The van der Waals surface area contributed by atoms with E-state index in [0.29, 0.717) is 64.6 Å². The van der Waals surface area contributed by atoms with Crippen LogP contribution < -0.4 is 16.0 Å². The van der Waals surface area contributed by atoms with Gasteiger partial charge in [0.25, 0.3) is 5.91 Å². The van der Waals surface area contributed by atoms with Crippen molar-refractivity contribution >= 4 is 53.4 Å². The molecule has 0 radical (unpaired) electrons. The number of carbonyl (C=O) groups excluding carboxylic acids is 9. The maximum absolute atomic E-state index is 15.8. The second-order valence-electron chi connectivity index (χ2n) is 24.8. The van der Waals surface area contributed by atoms with Crippen molar-refractivity contribution in [3.8, 4) is 0 Å². The van der Waals surface area contributed by atoms with Crippen molar-refractivity contribution in [2.45, 2.75) is 153 Å². The molecule has 1 heterocycles. The summed E-state index contributed by atoms with van der Waals surface area (Å²) in [6.07, 6.45) is -7.86. The topological polar surface area (TPSA) is 313 Å². The second kappa shape index (κ2) is 28.2. The van der Waals surface area contributed by atoms with Crippen LogP contribution in [0, 0.1) is 22.7 Å². The maximum Gasteiger partial charge on any atom is 0.407 e. The first kappa shape index (κ1) is 67.5. The molecule has 0 spiro atoms. The standard InChI is InChI=1S/C66H83N3O20/c1-40-52-54(85-41(2)70)57(76)62(7)48(73)37-49-64(39-84-49,87-42(3)71)56(62)46(36-47(72)43-20-12-9-13-21-43)65(80)38-66(40,63(52,65)8)88-59(78)55(53(44-22-14-10-15-23-44)69-58(77)45-24-16-11-17-25-45)86-51(75)27-26-50(74)67-28-18-30-81-32-34-83-35-33-82-31-19-29-68-60(79)89-61(4,5)6/h9-17,20-25,46,48-49,53-56,73,80H,18-19,26-39H2,1-8H3,(H,67,74)(H,68,79)(H,69,77)/t46?,48-,49+,53-,54+,55?,56-,62+,63+,64-,65+,66?/m0/s1. The number of alkyl carbamates (subject to hydrolysis) is 1. The third-order valence-electron chi connectivity index (χ3n) is 18.0. The van der Waals surface area contributed by atoms with Gasteiger partial charge >= 0.3 is 30.0 Å². The number of carbonyl (C=O) groups is 9. The summed E-state index contributed by atoms with van der Waals surface area (Å²) in [6.45, 7) is 14.5. The molecular weight excluding hydrogens is 1150 g/mol. The van der Waals surface area contributed by atoms with Crippen LogP contribution in [0.3, 0.4) is 0 Å². The van der Waals surface area contributed by atoms with E-state index in [1.165, 1.54) is 27.7 Å². The Morgan fingerprint density at radius 1 is 0.742 bits per heavy atom. The van der Waals surface area contributed by atoms with Crippen LogP contribution in [0.1, 0.15) is 133 Å². The summed E-state index contributed by atoms with van der Waals surface area (Å²) < 4.78 is 52.7. The molecule has 4 aliphatic carbocycles. The van der Waals surface area contributed by atoms with Crippen molar-refractivity contribution in [2.75, 3.05) is 59.3 Å². The van der Waals surface area contributed by atoms with Gasteiger partial charge in [0, 0.05) is 88.8 Å². The number of fused-ring (bicyclic) bond motifs is 3. The zero-order chi connectivity index (χ0) is 64.5. The van der Waals surface area contributed by atoms with Crippen molar-refractivity contribution in [2.24, 2.45) is 22.7 Å². The highest BCUT2D eigenvalue weighted by molar-refractivity contribution is 5.99. The van der Waals surface area contributed by atoms with Crippen LogP contribution in [0.2, 0.25) is 0 Å². The number of hydrogen-bond acceptors (Lipinski definition) is 20. The number of amides is 3. The first-order valence-electron chi connectivity index (χ1n) is 30.3. The Balaban J connectivity index is 1.00. The molecule has 12 atom stereocenters. The van der Waals surface area contributed by atoms with Crippen LogP contribution in [-0.2, 0) is 71.4 Å². The fraction of sp³-hybridized carbons (Fsp3) is 0.561. The minimum Gasteiger partial charge on any atom is -0.454 e. The fourth-order valence-corrected chi connectivity index (χ4v) is 13.8. The van der Waals surface area contributed by atoms with Gasteiger partial charge in [0.15, 0.2) is 23.3 Å². The third-order valence-corrected chi connectivity index (χ3v) is 18.0. The van der Waals surface area contributed by atoms with Gasteiger partial charge in [0.1, 0.15) is 23.3 Å². The Labute approximate surface area is 517 Å². The van der Waals surface area contributed by atoms with Crippen LogP contribution in [0.25, 0.3) is 0 Å². The number of ether oxygens (including phenoxy) is 9. The first-order valence-corrected chi connectivity index (χ1v) is 30.3. The summed E-state index contributed by atoms with van der Waals surface area (Å²) >= 11 is 0. The molecule has 0 aromatic heterocycles. The fourth-order valence-electron chi connectivity index (χ4n) is 13.8. The van der Waals surface area contributed by atoms with Gasteiger partial charge in [-0.25, -0.2) is 9.59 Å². The molecule has 4 fully saturated rings. The maximum atomic E-state index is 15.8. The largest absolute Gasteiger partial charge is 0.454 e. The zero-order valence-corrected chi connectivity index (χ0v) is 51.8. The smallest absolute Gasteiger partial charge is 0.407 e. The Hall–Kier alpha value is -7.41. The van der Waals surface area contributed by atoms with E-state index in [1.807, 2.05) is 0 Å². The lowest BCUT2D eigenvalue weighted by atomic mass is 9.29. The Morgan fingerprint density at radius 3 is 1.88 bits per heavy atom. The minimum absolute atomic E-state index is 0.0478. The molecule has 5 N–H and O–H groups in total. The average Bonchev–Trinajstić information content (AvgIpc) is 0.623. The molecule has 89 heavy (non-hydrogen) atoms. The van der Waals surface area contributed by atoms with Gasteiger partial charge in [-0.1, -0.05) is 78.9 Å². The third kappa shape index (κ3) is 14.0. The molecule has 3 aromatic carbocycles. The van der Waals surface area contributed by atoms with E-state index in [0.717, 1.165) is 6.92 Å². The quantitative estimate of drug-likeness (QED) is 0.0187. The Bertz CT molecular complexity index is 3120. The summed E-state index contributed by atoms with van der Waals surface area (Å²) in [5.41, 5.74) is -9.31. The molecule has 3 aromatic rings.